The summed E-state index contributed by atoms with van der Waals surface area (Å²) in [6.45, 7) is 10.4. The van der Waals surface area contributed by atoms with E-state index in [1.54, 1.807) is 6.07 Å². The fourth-order valence-corrected chi connectivity index (χ4v) is 6.03. The van der Waals surface area contributed by atoms with Crippen LogP contribution in [0.4, 0.5) is 0 Å². The lowest BCUT2D eigenvalue weighted by Gasteiger charge is -2.29. The van der Waals surface area contributed by atoms with Crippen molar-refractivity contribution in [1.29, 1.82) is 0 Å². The molecular weight excluding hydrogens is 584 g/mol. The second kappa shape index (κ2) is 15.6. The van der Waals surface area contributed by atoms with Gasteiger partial charge in [0.1, 0.15) is 22.4 Å². The number of esters is 1. The third kappa shape index (κ3) is 8.48. The molecule has 0 aromatic heterocycles. The van der Waals surface area contributed by atoms with Gasteiger partial charge >= 0.3 is 5.97 Å². The molecule has 3 N–H and O–H groups in total. The molecule has 2 aromatic rings. The first-order valence-corrected chi connectivity index (χ1v) is 16.0. The Labute approximate surface area is 253 Å². The molecule has 4 atom stereocenters. The van der Waals surface area contributed by atoms with E-state index >= 15 is 0 Å². The van der Waals surface area contributed by atoms with Crippen molar-refractivity contribution >= 4 is 27.8 Å². The highest BCUT2D eigenvalue weighted by Gasteiger charge is 2.28. The average Bonchev–Trinajstić information content (AvgIpc) is 3.52. The predicted molar refractivity (Wildman–Crippen MR) is 167 cm³/mol. The third-order valence-electron chi connectivity index (χ3n) is 8.46. The Hall–Kier alpha value is -2.58. The number of carbonyl (C=O) groups excluding carboxylic acids is 2. The number of phenolic OH excluding ortho intramolecular Hbond substituents is 2. The molecule has 0 saturated carbocycles. The maximum absolute atomic E-state index is 12.8. The molecule has 1 aliphatic rings. The van der Waals surface area contributed by atoms with E-state index in [1.807, 2.05) is 26.0 Å². The van der Waals surface area contributed by atoms with Gasteiger partial charge in [-0.3, -0.25) is 14.5 Å². The number of amides is 1. The molecule has 4 unspecified atom stereocenters. The highest BCUT2D eigenvalue weighted by atomic mass is 79.9. The van der Waals surface area contributed by atoms with Crippen LogP contribution in [0.1, 0.15) is 110 Å². The summed E-state index contributed by atoms with van der Waals surface area (Å²) < 4.78 is 5.80. The van der Waals surface area contributed by atoms with E-state index in [-0.39, 0.29) is 41.1 Å². The summed E-state index contributed by atoms with van der Waals surface area (Å²) in [5, 5.41) is 24.1. The second-order valence-electron chi connectivity index (χ2n) is 11.4. The molecule has 8 heteroatoms. The molecule has 1 aliphatic heterocycles. The number of alkyl halides is 1. The minimum atomic E-state index is -0.511. The summed E-state index contributed by atoms with van der Waals surface area (Å²) in [5.41, 5.74) is 3.41. The summed E-state index contributed by atoms with van der Waals surface area (Å²) in [6.07, 6.45) is 6.80. The van der Waals surface area contributed by atoms with Gasteiger partial charge in [-0.2, -0.15) is 0 Å². The number of hydrogen-bond acceptors (Lipinski definition) is 6. The Balaban J connectivity index is 1.53. The van der Waals surface area contributed by atoms with Crippen LogP contribution in [-0.4, -0.2) is 59.3 Å². The molecule has 1 saturated heterocycles. The number of aromatic hydroxyl groups is 2. The maximum Gasteiger partial charge on any atom is 0.324 e. The Morgan fingerprint density at radius 1 is 1.00 bits per heavy atom. The van der Waals surface area contributed by atoms with E-state index in [1.165, 1.54) is 25.5 Å². The number of aryl methyl sites for hydroxylation is 1. The number of benzene rings is 2. The number of nitrogens with zero attached hydrogens (tertiary/aromatic N) is 1. The first-order chi connectivity index (χ1) is 19.6. The van der Waals surface area contributed by atoms with E-state index in [0.29, 0.717) is 29.9 Å². The summed E-state index contributed by atoms with van der Waals surface area (Å²) in [6, 6.07) is 9.90. The van der Waals surface area contributed by atoms with Crippen LogP contribution in [0, 0.1) is 0 Å². The van der Waals surface area contributed by atoms with Gasteiger partial charge < -0.3 is 20.3 Å². The zero-order valence-corrected chi connectivity index (χ0v) is 26.8. The molecule has 2 aromatic carbocycles. The van der Waals surface area contributed by atoms with E-state index in [0.717, 1.165) is 44.3 Å². The Kier molecular flexibility index (Phi) is 12.5. The number of hydrogen-bond donors (Lipinski definition) is 3. The SMILES string of the molecule is CCCc1cc(C(=O)NC)c(O)c(CCCCC(C)c2ccc(C(Br)C(=O)OC(C)C(C)N3CCCC3)cc2)c1O. The van der Waals surface area contributed by atoms with Crippen molar-refractivity contribution < 1.29 is 24.5 Å². The lowest BCUT2D eigenvalue weighted by atomic mass is 9.92. The highest BCUT2D eigenvalue weighted by molar-refractivity contribution is 9.09. The van der Waals surface area contributed by atoms with Crippen LogP contribution in [0.15, 0.2) is 30.3 Å². The summed E-state index contributed by atoms with van der Waals surface area (Å²) in [4.78, 5) is 27.0. The summed E-state index contributed by atoms with van der Waals surface area (Å²) >= 11 is 3.54. The minimum Gasteiger partial charge on any atom is -0.507 e. The van der Waals surface area contributed by atoms with Gasteiger partial charge in [-0.25, -0.2) is 0 Å². The van der Waals surface area contributed by atoms with Crippen LogP contribution in [0.2, 0.25) is 0 Å². The van der Waals surface area contributed by atoms with E-state index in [2.05, 4.69) is 52.1 Å². The number of carbonyl (C=O) groups is 2. The summed E-state index contributed by atoms with van der Waals surface area (Å²) in [7, 11) is 1.53. The molecule has 1 heterocycles. The van der Waals surface area contributed by atoms with Gasteiger partial charge in [0.05, 0.1) is 5.56 Å². The fraction of sp³-hybridized carbons (Fsp3) is 0.576. The van der Waals surface area contributed by atoms with Gasteiger partial charge in [-0.05, 0) is 94.1 Å². The van der Waals surface area contributed by atoms with Crippen LogP contribution in [0.5, 0.6) is 11.5 Å². The van der Waals surface area contributed by atoms with Crippen LogP contribution < -0.4 is 5.32 Å². The van der Waals surface area contributed by atoms with Crippen molar-refractivity contribution in [3.63, 3.8) is 0 Å². The molecule has 3 rings (SSSR count). The van der Waals surface area contributed by atoms with Crippen LogP contribution in [0.3, 0.4) is 0 Å². The zero-order chi connectivity index (χ0) is 30.1. The molecular formula is C33H47BrN2O5. The van der Waals surface area contributed by atoms with Gasteiger partial charge in [0.25, 0.3) is 5.91 Å². The van der Waals surface area contributed by atoms with Crippen molar-refractivity contribution in [1.82, 2.24) is 10.2 Å². The molecule has 0 radical (unpaired) electrons. The number of ether oxygens (including phenoxy) is 1. The quantitative estimate of drug-likeness (QED) is 0.121. The van der Waals surface area contributed by atoms with Crippen molar-refractivity contribution in [2.75, 3.05) is 20.1 Å². The molecule has 41 heavy (non-hydrogen) atoms. The van der Waals surface area contributed by atoms with Crippen molar-refractivity contribution in [2.45, 2.75) is 102 Å². The Morgan fingerprint density at radius 3 is 2.24 bits per heavy atom. The number of likely N-dealkylation sites (tertiary alicyclic amines) is 1. The Morgan fingerprint density at radius 2 is 1.63 bits per heavy atom. The number of halogens is 1. The van der Waals surface area contributed by atoms with E-state index in [9.17, 15) is 19.8 Å². The van der Waals surface area contributed by atoms with Crippen molar-refractivity contribution in [3.8, 4) is 11.5 Å². The lowest BCUT2D eigenvalue weighted by molar-refractivity contribution is -0.150. The topological polar surface area (TPSA) is 99.1 Å². The monoisotopic (exact) mass is 630 g/mol. The first-order valence-electron chi connectivity index (χ1n) is 15.1. The number of unbranched alkanes of at least 4 members (excludes halogenated alkanes) is 1. The molecule has 0 bridgehead atoms. The van der Waals surface area contributed by atoms with Gasteiger partial charge in [-0.15, -0.1) is 0 Å². The third-order valence-corrected chi connectivity index (χ3v) is 9.36. The summed E-state index contributed by atoms with van der Waals surface area (Å²) in [5.74, 6) is -0.348. The first kappa shape index (κ1) is 32.9. The van der Waals surface area contributed by atoms with Crippen LogP contribution >= 0.6 is 15.9 Å². The average molecular weight is 632 g/mol. The molecule has 1 amide bonds. The van der Waals surface area contributed by atoms with Crippen molar-refractivity contribution in [2.24, 2.45) is 0 Å². The molecule has 0 spiro atoms. The smallest absolute Gasteiger partial charge is 0.324 e. The van der Waals surface area contributed by atoms with Gasteiger partial charge in [0.2, 0.25) is 0 Å². The molecule has 0 aliphatic carbocycles. The largest absolute Gasteiger partial charge is 0.507 e. The standard InChI is InChI=1S/C33H47BrN2O5/c1-6-11-26-20-28(32(39)35-5)31(38)27(30(26)37)13-8-7-12-21(2)24-14-16-25(17-15-24)29(34)33(40)41-23(4)22(3)36-18-9-10-19-36/h14-17,20-23,29,37-38H,6-13,18-19H2,1-5H3,(H,35,39). The number of rotatable bonds is 14. The fourth-order valence-electron chi connectivity index (χ4n) is 5.62. The second-order valence-corrected chi connectivity index (χ2v) is 12.3. The van der Waals surface area contributed by atoms with Gasteiger partial charge in [0, 0.05) is 18.7 Å². The normalized spacial score (nSPS) is 16.6. The molecule has 7 nitrogen and oxygen atoms in total. The van der Waals surface area contributed by atoms with E-state index in [4.69, 9.17) is 4.74 Å². The predicted octanol–water partition coefficient (Wildman–Crippen LogP) is 6.78. The molecule has 226 valence electrons. The highest BCUT2D eigenvalue weighted by Crippen LogP contribution is 2.37. The van der Waals surface area contributed by atoms with Crippen LogP contribution in [0.25, 0.3) is 0 Å². The number of nitrogens with one attached hydrogen (secondary N) is 1. The lowest BCUT2D eigenvalue weighted by Crippen LogP contribution is -2.40. The van der Waals surface area contributed by atoms with Crippen molar-refractivity contribution in [3.05, 3.63) is 58.1 Å². The van der Waals surface area contributed by atoms with Gasteiger partial charge in [0.15, 0.2) is 0 Å². The van der Waals surface area contributed by atoms with Gasteiger partial charge in [-0.1, -0.05) is 66.9 Å². The molecule has 1 fully saturated rings. The number of phenols is 2. The maximum atomic E-state index is 12.8. The van der Waals surface area contributed by atoms with Crippen LogP contribution in [-0.2, 0) is 22.4 Å². The zero-order valence-electron chi connectivity index (χ0n) is 25.2. The minimum absolute atomic E-state index is 0.100. The Bertz CT molecular complexity index is 1160. The van der Waals surface area contributed by atoms with E-state index < -0.39 is 4.83 Å².